The molecule has 2 amide bonds. The highest BCUT2D eigenvalue weighted by molar-refractivity contribution is 5.92. The van der Waals surface area contributed by atoms with Crippen LogP contribution in [0.3, 0.4) is 0 Å². The number of rotatable bonds is 8. The highest BCUT2D eigenvalue weighted by Crippen LogP contribution is 2.11. The van der Waals surface area contributed by atoms with Gasteiger partial charge in [0.05, 0.1) is 19.7 Å². The first kappa shape index (κ1) is 22.6. The van der Waals surface area contributed by atoms with Crippen molar-refractivity contribution in [2.45, 2.75) is 6.92 Å². The molecule has 29 heavy (non-hydrogen) atoms. The third kappa shape index (κ3) is 8.05. The molecule has 1 N–H and O–H groups in total. The van der Waals surface area contributed by atoms with Crippen LogP contribution in [0.25, 0.3) is 6.08 Å². The summed E-state index contributed by atoms with van der Waals surface area (Å²) in [5.74, 6) is -0.356. The fraction of sp³-hybridized carbons (Fsp3) is 0.476. The number of nitrogens with zero attached hydrogens (tertiary/aromatic N) is 3. The predicted octanol–water partition coefficient (Wildman–Crippen LogP) is 0.907. The van der Waals surface area contributed by atoms with E-state index in [9.17, 15) is 14.4 Å². The van der Waals surface area contributed by atoms with Crippen LogP contribution in [0.4, 0.5) is 5.69 Å². The minimum Gasteiger partial charge on any atom is -0.463 e. The van der Waals surface area contributed by atoms with E-state index >= 15 is 0 Å². The van der Waals surface area contributed by atoms with E-state index in [0.717, 1.165) is 31.7 Å². The third-order valence-electron chi connectivity index (χ3n) is 4.58. The Morgan fingerprint density at radius 1 is 1.03 bits per heavy atom. The van der Waals surface area contributed by atoms with Gasteiger partial charge in [-0.1, -0.05) is 12.1 Å². The van der Waals surface area contributed by atoms with Gasteiger partial charge in [0.25, 0.3) is 0 Å². The van der Waals surface area contributed by atoms with E-state index in [1.807, 2.05) is 12.1 Å². The summed E-state index contributed by atoms with van der Waals surface area (Å²) in [6.45, 7) is 5.90. The van der Waals surface area contributed by atoms with Crippen LogP contribution in [0, 0.1) is 0 Å². The second-order valence-corrected chi connectivity index (χ2v) is 7.10. The van der Waals surface area contributed by atoms with Crippen molar-refractivity contribution in [2.24, 2.45) is 0 Å². The van der Waals surface area contributed by atoms with Crippen molar-refractivity contribution < 1.29 is 19.1 Å². The Kier molecular flexibility index (Phi) is 8.82. The highest BCUT2D eigenvalue weighted by Gasteiger charge is 2.21. The summed E-state index contributed by atoms with van der Waals surface area (Å²) in [4.78, 5) is 41.2. The topological polar surface area (TPSA) is 82.2 Å². The van der Waals surface area contributed by atoms with Crippen LogP contribution in [0.2, 0.25) is 0 Å². The number of piperazine rings is 1. The highest BCUT2D eigenvalue weighted by atomic mass is 16.5. The Bertz CT molecular complexity index is 723. The van der Waals surface area contributed by atoms with E-state index in [-0.39, 0.29) is 17.8 Å². The Balaban J connectivity index is 1.74. The molecule has 0 unspecified atom stereocenters. The molecule has 1 aromatic carbocycles. The van der Waals surface area contributed by atoms with Crippen molar-refractivity contribution in [3.05, 3.63) is 35.9 Å². The number of carbonyl (C=O) groups excluding carboxylic acids is 3. The molecule has 1 aliphatic rings. The van der Waals surface area contributed by atoms with Crippen molar-refractivity contribution in [2.75, 3.05) is 65.3 Å². The van der Waals surface area contributed by atoms with Gasteiger partial charge in [0.1, 0.15) is 0 Å². The molecule has 0 bridgehead atoms. The maximum atomic E-state index is 12.3. The van der Waals surface area contributed by atoms with Gasteiger partial charge in [-0.3, -0.25) is 19.4 Å². The van der Waals surface area contributed by atoms with E-state index in [4.69, 9.17) is 4.74 Å². The fourth-order valence-corrected chi connectivity index (χ4v) is 2.87. The van der Waals surface area contributed by atoms with Gasteiger partial charge in [-0.15, -0.1) is 0 Å². The van der Waals surface area contributed by atoms with Gasteiger partial charge in [0.2, 0.25) is 11.8 Å². The van der Waals surface area contributed by atoms with Crippen LogP contribution in [0.5, 0.6) is 0 Å². The maximum absolute atomic E-state index is 12.3. The molecule has 0 spiro atoms. The summed E-state index contributed by atoms with van der Waals surface area (Å²) in [5, 5.41) is 2.89. The number of likely N-dealkylation sites (N-methyl/N-ethyl adjacent to an activating group) is 1. The number of hydrogen-bond acceptors (Lipinski definition) is 6. The zero-order chi connectivity index (χ0) is 21.2. The molecule has 8 heteroatoms. The zero-order valence-corrected chi connectivity index (χ0v) is 17.4. The molecule has 0 saturated carbocycles. The van der Waals surface area contributed by atoms with E-state index in [1.54, 1.807) is 44.1 Å². The molecule has 0 atom stereocenters. The van der Waals surface area contributed by atoms with Crippen LogP contribution < -0.4 is 5.32 Å². The predicted molar refractivity (Wildman–Crippen MR) is 112 cm³/mol. The lowest BCUT2D eigenvalue weighted by molar-refractivity contribution is -0.137. The summed E-state index contributed by atoms with van der Waals surface area (Å²) in [6, 6.07) is 7.25. The molecule has 8 nitrogen and oxygen atoms in total. The van der Waals surface area contributed by atoms with Crippen molar-refractivity contribution in [3.63, 3.8) is 0 Å². The Hall–Kier alpha value is -2.71. The summed E-state index contributed by atoms with van der Waals surface area (Å²) >= 11 is 0. The van der Waals surface area contributed by atoms with Gasteiger partial charge in [-0.2, -0.15) is 0 Å². The molecule has 0 radical (unpaired) electrons. The summed E-state index contributed by atoms with van der Waals surface area (Å²) in [5.41, 5.74) is 1.55. The zero-order valence-electron chi connectivity index (χ0n) is 17.4. The SMILES string of the molecule is CCOC(=O)/C=C/c1ccc(NC(=O)CN2CCN(CC(=O)N(C)C)CC2)cc1. The molecule has 1 fully saturated rings. The van der Waals surface area contributed by atoms with Gasteiger partial charge in [-0.25, -0.2) is 4.79 Å². The summed E-state index contributed by atoms with van der Waals surface area (Å²) < 4.78 is 4.84. The first-order chi connectivity index (χ1) is 13.9. The van der Waals surface area contributed by atoms with E-state index < -0.39 is 0 Å². The van der Waals surface area contributed by atoms with Crippen molar-refractivity contribution in [1.29, 1.82) is 0 Å². The second kappa shape index (κ2) is 11.3. The number of esters is 1. The quantitative estimate of drug-likeness (QED) is 0.514. The normalized spacial score (nSPS) is 15.3. The molecular formula is C21H30N4O4. The van der Waals surface area contributed by atoms with Crippen molar-refractivity contribution in [1.82, 2.24) is 14.7 Å². The number of nitrogens with one attached hydrogen (secondary N) is 1. The van der Waals surface area contributed by atoms with Gasteiger partial charge >= 0.3 is 5.97 Å². The number of benzene rings is 1. The molecule has 0 aromatic heterocycles. The van der Waals surface area contributed by atoms with E-state index in [1.165, 1.54) is 6.08 Å². The van der Waals surface area contributed by atoms with Crippen LogP contribution >= 0.6 is 0 Å². The first-order valence-corrected chi connectivity index (χ1v) is 9.77. The molecule has 0 aliphatic carbocycles. The largest absolute Gasteiger partial charge is 0.463 e. The van der Waals surface area contributed by atoms with E-state index in [2.05, 4.69) is 15.1 Å². The lowest BCUT2D eigenvalue weighted by Crippen LogP contribution is -2.50. The number of amides is 2. The number of carbonyl (C=O) groups is 3. The molecule has 2 rings (SSSR count). The number of hydrogen-bond donors (Lipinski definition) is 1. The smallest absolute Gasteiger partial charge is 0.330 e. The average Bonchev–Trinajstić information content (AvgIpc) is 2.69. The van der Waals surface area contributed by atoms with Crippen LogP contribution in [-0.4, -0.2) is 92.5 Å². The lowest BCUT2D eigenvalue weighted by atomic mass is 10.2. The summed E-state index contributed by atoms with van der Waals surface area (Å²) in [6.07, 6.45) is 3.05. The molecule has 1 heterocycles. The van der Waals surface area contributed by atoms with Gasteiger partial charge < -0.3 is 15.0 Å². The fourth-order valence-electron chi connectivity index (χ4n) is 2.87. The third-order valence-corrected chi connectivity index (χ3v) is 4.58. The first-order valence-electron chi connectivity index (χ1n) is 9.77. The van der Waals surface area contributed by atoms with Gasteiger partial charge in [-0.05, 0) is 30.7 Å². The van der Waals surface area contributed by atoms with Gasteiger partial charge in [0.15, 0.2) is 0 Å². The Labute approximate surface area is 172 Å². The maximum Gasteiger partial charge on any atom is 0.330 e. The van der Waals surface area contributed by atoms with Crippen LogP contribution in [-0.2, 0) is 19.1 Å². The van der Waals surface area contributed by atoms with Crippen molar-refractivity contribution >= 4 is 29.5 Å². The Morgan fingerprint density at radius 3 is 2.17 bits per heavy atom. The van der Waals surface area contributed by atoms with E-state index in [0.29, 0.717) is 25.4 Å². The molecule has 1 aliphatic heterocycles. The molecular weight excluding hydrogens is 372 g/mol. The standard InChI is InChI=1S/C21H30N4O4/c1-4-29-21(28)10-7-17-5-8-18(9-6-17)22-19(26)15-24-11-13-25(14-12-24)16-20(27)23(2)3/h5-10H,4,11-16H2,1-3H3,(H,22,26)/b10-7+. The molecule has 1 saturated heterocycles. The number of anilines is 1. The second-order valence-electron chi connectivity index (χ2n) is 7.10. The van der Waals surface area contributed by atoms with Gasteiger partial charge in [0, 0.05) is 52.0 Å². The molecule has 158 valence electrons. The number of ether oxygens (including phenoxy) is 1. The van der Waals surface area contributed by atoms with Crippen molar-refractivity contribution in [3.8, 4) is 0 Å². The lowest BCUT2D eigenvalue weighted by Gasteiger charge is -2.34. The Morgan fingerprint density at radius 2 is 1.62 bits per heavy atom. The minimum absolute atomic E-state index is 0.0716. The van der Waals surface area contributed by atoms with Crippen LogP contribution in [0.1, 0.15) is 12.5 Å². The monoisotopic (exact) mass is 402 g/mol. The van der Waals surface area contributed by atoms with Crippen LogP contribution in [0.15, 0.2) is 30.3 Å². The molecule has 1 aromatic rings. The average molecular weight is 402 g/mol. The summed E-state index contributed by atoms with van der Waals surface area (Å²) in [7, 11) is 3.51. The minimum atomic E-state index is -0.379.